The van der Waals surface area contributed by atoms with Gasteiger partial charge in [0, 0.05) is 12.1 Å². The first-order valence-electron chi connectivity index (χ1n) is 5.54. The van der Waals surface area contributed by atoms with Gasteiger partial charge in [-0.2, -0.15) is 17.4 Å². The first-order chi connectivity index (χ1) is 7.49. The monoisotopic (exact) mass is 264 g/mol. The molecule has 1 heterocycles. The van der Waals surface area contributed by atoms with E-state index >= 15 is 0 Å². The summed E-state index contributed by atoms with van der Waals surface area (Å²) >= 11 is 0. The van der Waals surface area contributed by atoms with Crippen LogP contribution in [-0.2, 0) is 15.0 Å². The zero-order chi connectivity index (χ0) is 13.5. The molecule has 0 aliphatic carbocycles. The third-order valence-electron chi connectivity index (χ3n) is 2.76. The minimum Gasteiger partial charge on any atom is -0.480 e. The van der Waals surface area contributed by atoms with Gasteiger partial charge in [-0.3, -0.25) is 4.79 Å². The predicted molar refractivity (Wildman–Crippen MR) is 63.8 cm³/mol. The van der Waals surface area contributed by atoms with Gasteiger partial charge in [-0.1, -0.05) is 0 Å². The van der Waals surface area contributed by atoms with Crippen molar-refractivity contribution in [3.8, 4) is 0 Å². The van der Waals surface area contributed by atoms with E-state index in [0.29, 0.717) is 12.8 Å². The van der Waals surface area contributed by atoms with Crippen molar-refractivity contribution in [2.45, 2.75) is 51.6 Å². The average molecular weight is 264 g/mol. The summed E-state index contributed by atoms with van der Waals surface area (Å²) in [6.07, 6.45) is 0.904. The summed E-state index contributed by atoms with van der Waals surface area (Å²) < 4.78 is 27.8. The van der Waals surface area contributed by atoms with Crippen LogP contribution in [0.5, 0.6) is 0 Å². The fourth-order valence-corrected chi connectivity index (χ4v) is 3.93. The van der Waals surface area contributed by atoms with Crippen LogP contribution in [0.3, 0.4) is 0 Å². The number of rotatable bonds is 3. The second kappa shape index (κ2) is 4.22. The fourth-order valence-electron chi connectivity index (χ4n) is 1.98. The molecule has 0 amide bonds. The summed E-state index contributed by atoms with van der Waals surface area (Å²) in [5.74, 6) is -1.10. The average Bonchev–Trinajstić information content (AvgIpc) is 2.44. The Kier molecular flexibility index (Phi) is 3.58. The summed E-state index contributed by atoms with van der Waals surface area (Å²) in [5, 5.41) is 9.17. The van der Waals surface area contributed by atoms with Crippen molar-refractivity contribution in [1.29, 1.82) is 0 Å². The summed E-state index contributed by atoms with van der Waals surface area (Å²) in [4.78, 5) is 11.2. The molecular weight excluding hydrogens is 244 g/mol. The highest BCUT2D eigenvalue weighted by Crippen LogP contribution is 2.31. The zero-order valence-electron chi connectivity index (χ0n) is 10.6. The molecule has 0 bridgehead atoms. The maximum Gasteiger partial charge on any atom is 0.324 e. The van der Waals surface area contributed by atoms with Crippen LogP contribution >= 0.6 is 0 Å². The van der Waals surface area contributed by atoms with Gasteiger partial charge in [-0.25, -0.2) is 0 Å². The number of carboxylic acids is 1. The molecule has 1 aliphatic heterocycles. The maximum atomic E-state index is 12.1. The summed E-state index contributed by atoms with van der Waals surface area (Å²) in [5.41, 5.74) is -1.96. The van der Waals surface area contributed by atoms with Gasteiger partial charge in [0.15, 0.2) is 0 Å². The van der Waals surface area contributed by atoms with Gasteiger partial charge < -0.3 is 5.11 Å². The molecule has 2 N–H and O–H groups in total. The lowest BCUT2D eigenvalue weighted by Gasteiger charge is -2.33. The van der Waals surface area contributed by atoms with Crippen LogP contribution < -0.4 is 4.72 Å². The molecule has 0 saturated carbocycles. The van der Waals surface area contributed by atoms with E-state index in [4.69, 9.17) is 0 Å². The Morgan fingerprint density at radius 2 is 1.94 bits per heavy atom. The lowest BCUT2D eigenvalue weighted by molar-refractivity contribution is -0.146. The van der Waals surface area contributed by atoms with E-state index in [1.165, 1.54) is 6.92 Å². The third kappa shape index (κ3) is 2.97. The van der Waals surface area contributed by atoms with E-state index in [0.717, 1.165) is 4.31 Å². The Bertz CT molecular complexity index is 413. The maximum absolute atomic E-state index is 12.1. The topological polar surface area (TPSA) is 86.7 Å². The van der Waals surface area contributed by atoms with Gasteiger partial charge in [-0.15, -0.1) is 0 Å². The van der Waals surface area contributed by atoms with E-state index < -0.39 is 27.3 Å². The first kappa shape index (κ1) is 14.4. The lowest BCUT2D eigenvalue weighted by Crippen LogP contribution is -2.57. The number of hydrogen-bond acceptors (Lipinski definition) is 3. The largest absolute Gasteiger partial charge is 0.480 e. The Morgan fingerprint density at radius 1 is 1.41 bits per heavy atom. The second-order valence-corrected chi connectivity index (χ2v) is 7.21. The molecule has 1 fully saturated rings. The third-order valence-corrected chi connectivity index (χ3v) is 4.80. The Balaban J connectivity index is 3.04. The van der Waals surface area contributed by atoms with Crippen molar-refractivity contribution >= 4 is 16.2 Å². The predicted octanol–water partition coefficient (Wildman–Crippen LogP) is 0.558. The number of hydrogen-bond donors (Lipinski definition) is 2. The van der Waals surface area contributed by atoms with Crippen molar-refractivity contribution in [3.05, 3.63) is 0 Å². The molecule has 0 aromatic carbocycles. The molecule has 1 saturated heterocycles. The van der Waals surface area contributed by atoms with Gasteiger partial charge in [0.1, 0.15) is 5.54 Å². The van der Waals surface area contributed by atoms with Crippen LogP contribution in [0.25, 0.3) is 0 Å². The standard InChI is InChI=1S/C10H20N2O4S/c1-9(2,3)11-17(15,16)12-7-5-6-10(12,4)8(13)14/h11H,5-7H2,1-4H3,(H,13,14). The number of nitrogens with one attached hydrogen (secondary N) is 1. The molecule has 17 heavy (non-hydrogen) atoms. The highest BCUT2D eigenvalue weighted by atomic mass is 32.2. The van der Waals surface area contributed by atoms with Crippen molar-refractivity contribution in [3.63, 3.8) is 0 Å². The van der Waals surface area contributed by atoms with Crippen LogP contribution in [0, 0.1) is 0 Å². The van der Waals surface area contributed by atoms with E-state index in [1.54, 1.807) is 20.8 Å². The molecular formula is C10H20N2O4S. The first-order valence-corrected chi connectivity index (χ1v) is 6.98. The highest BCUT2D eigenvalue weighted by molar-refractivity contribution is 7.87. The number of aliphatic carboxylic acids is 1. The summed E-state index contributed by atoms with van der Waals surface area (Å²) in [6, 6.07) is 0. The number of carbonyl (C=O) groups is 1. The van der Waals surface area contributed by atoms with Gasteiger partial charge in [-0.05, 0) is 40.5 Å². The second-order valence-electron chi connectivity index (χ2n) is 5.61. The Hall–Kier alpha value is -0.660. The lowest BCUT2D eigenvalue weighted by atomic mass is 10.0. The number of carboxylic acid groups (broad SMARTS) is 1. The van der Waals surface area contributed by atoms with Crippen LogP contribution in [0.2, 0.25) is 0 Å². The molecule has 7 heteroatoms. The zero-order valence-corrected chi connectivity index (χ0v) is 11.5. The van der Waals surface area contributed by atoms with Gasteiger partial charge in [0.05, 0.1) is 0 Å². The molecule has 1 atom stereocenters. The normalized spacial score (nSPS) is 27.3. The van der Waals surface area contributed by atoms with Crippen molar-refractivity contribution < 1.29 is 18.3 Å². The molecule has 0 radical (unpaired) electrons. The van der Waals surface area contributed by atoms with Crippen LogP contribution in [0.4, 0.5) is 0 Å². The van der Waals surface area contributed by atoms with Crippen molar-refractivity contribution in [2.24, 2.45) is 0 Å². The van der Waals surface area contributed by atoms with E-state index in [-0.39, 0.29) is 6.54 Å². The molecule has 0 aromatic heterocycles. The smallest absolute Gasteiger partial charge is 0.324 e. The van der Waals surface area contributed by atoms with Crippen LogP contribution in [-0.4, -0.2) is 41.4 Å². The summed E-state index contributed by atoms with van der Waals surface area (Å²) in [6.45, 7) is 6.86. The van der Waals surface area contributed by atoms with E-state index in [9.17, 15) is 18.3 Å². The summed E-state index contributed by atoms with van der Waals surface area (Å²) in [7, 11) is -3.77. The molecule has 1 unspecified atom stereocenters. The molecule has 1 rings (SSSR count). The minimum atomic E-state index is -3.77. The van der Waals surface area contributed by atoms with Crippen molar-refractivity contribution in [1.82, 2.24) is 9.03 Å². The van der Waals surface area contributed by atoms with Crippen LogP contribution in [0.1, 0.15) is 40.5 Å². The van der Waals surface area contributed by atoms with Crippen molar-refractivity contribution in [2.75, 3.05) is 6.54 Å². The minimum absolute atomic E-state index is 0.244. The molecule has 6 nitrogen and oxygen atoms in total. The molecule has 0 spiro atoms. The Morgan fingerprint density at radius 3 is 2.35 bits per heavy atom. The fraction of sp³-hybridized carbons (Fsp3) is 0.900. The molecule has 1 aliphatic rings. The Labute approximate surface area is 102 Å². The van der Waals surface area contributed by atoms with Crippen LogP contribution in [0.15, 0.2) is 0 Å². The van der Waals surface area contributed by atoms with Gasteiger partial charge >= 0.3 is 5.97 Å². The van der Waals surface area contributed by atoms with Gasteiger partial charge in [0.2, 0.25) is 0 Å². The van der Waals surface area contributed by atoms with E-state index in [1.807, 2.05) is 0 Å². The molecule has 0 aromatic rings. The quantitative estimate of drug-likeness (QED) is 0.779. The number of nitrogens with zero attached hydrogens (tertiary/aromatic N) is 1. The van der Waals surface area contributed by atoms with E-state index in [2.05, 4.69) is 4.72 Å². The highest BCUT2D eigenvalue weighted by Gasteiger charge is 2.49. The SMILES string of the molecule is CC(C)(C)NS(=O)(=O)N1CCCC1(C)C(=O)O. The molecule has 100 valence electrons. The van der Waals surface area contributed by atoms with Gasteiger partial charge in [0.25, 0.3) is 10.2 Å².